The normalized spacial score (nSPS) is 30.8. The number of aryl methyl sites for hydroxylation is 1. The van der Waals surface area contributed by atoms with Gasteiger partial charge in [0.2, 0.25) is 0 Å². The van der Waals surface area contributed by atoms with E-state index < -0.39 is 0 Å². The number of rotatable bonds is 0. The lowest BCUT2D eigenvalue weighted by atomic mass is 9.92. The van der Waals surface area contributed by atoms with Crippen molar-refractivity contribution in [2.24, 2.45) is 0 Å². The zero-order valence-electron chi connectivity index (χ0n) is 6.59. The molecular formula is C10H9BrO. The van der Waals surface area contributed by atoms with Crippen LogP contribution >= 0.6 is 15.9 Å². The quantitative estimate of drug-likeness (QED) is 0.618. The van der Waals surface area contributed by atoms with E-state index in [1.807, 2.05) is 0 Å². The Morgan fingerprint density at radius 2 is 2.33 bits per heavy atom. The van der Waals surface area contributed by atoms with Crippen molar-refractivity contribution in [1.82, 2.24) is 0 Å². The van der Waals surface area contributed by atoms with Crippen LogP contribution in [0.5, 0.6) is 0 Å². The molecule has 1 aliphatic carbocycles. The lowest BCUT2D eigenvalue weighted by Gasteiger charge is -2.11. The summed E-state index contributed by atoms with van der Waals surface area (Å²) in [6.45, 7) is 0. The van der Waals surface area contributed by atoms with Crippen LogP contribution < -0.4 is 0 Å². The molecule has 0 N–H and O–H groups in total. The van der Waals surface area contributed by atoms with E-state index in [1.54, 1.807) is 0 Å². The topological polar surface area (TPSA) is 12.5 Å². The minimum Gasteiger partial charge on any atom is -0.364 e. The largest absolute Gasteiger partial charge is 0.364 e. The maximum atomic E-state index is 5.53. The van der Waals surface area contributed by atoms with Gasteiger partial charge in [-0.05, 0) is 36.1 Å². The predicted octanol–water partition coefficient (Wildman–Crippen LogP) is 2.84. The first-order chi connectivity index (χ1) is 5.84. The number of hydrogen-bond acceptors (Lipinski definition) is 1. The van der Waals surface area contributed by atoms with Gasteiger partial charge < -0.3 is 4.74 Å². The molecule has 1 fully saturated rings. The van der Waals surface area contributed by atoms with Gasteiger partial charge in [0, 0.05) is 4.47 Å². The molecule has 12 heavy (non-hydrogen) atoms. The minimum absolute atomic E-state index is 0.432. The number of ether oxygens (including phenoxy) is 1. The summed E-state index contributed by atoms with van der Waals surface area (Å²) in [4.78, 5) is 0. The van der Waals surface area contributed by atoms with Crippen LogP contribution in [-0.4, -0.2) is 6.10 Å². The molecule has 0 radical (unpaired) electrons. The van der Waals surface area contributed by atoms with Crippen molar-refractivity contribution >= 4 is 15.9 Å². The van der Waals surface area contributed by atoms with E-state index in [-0.39, 0.29) is 0 Å². The standard InChI is InChI=1S/C10H9BrO/c11-7-2-3-8-6(5-7)1-4-9-10(8)12-9/h2-3,5,9-10H,1,4H2. The van der Waals surface area contributed by atoms with Crippen LogP contribution in [0.25, 0.3) is 0 Å². The summed E-state index contributed by atoms with van der Waals surface area (Å²) < 4.78 is 6.71. The highest BCUT2D eigenvalue weighted by Crippen LogP contribution is 2.47. The zero-order chi connectivity index (χ0) is 8.13. The maximum Gasteiger partial charge on any atom is 0.109 e. The molecule has 1 saturated heterocycles. The molecule has 0 saturated carbocycles. The summed E-state index contributed by atoms with van der Waals surface area (Å²) in [5, 5.41) is 0. The fourth-order valence-corrected chi connectivity index (χ4v) is 2.41. The molecule has 3 rings (SSSR count). The Balaban J connectivity index is 2.12. The molecule has 0 spiro atoms. The van der Waals surface area contributed by atoms with Gasteiger partial charge in [0.1, 0.15) is 6.10 Å². The van der Waals surface area contributed by atoms with E-state index in [1.165, 1.54) is 28.4 Å². The summed E-state index contributed by atoms with van der Waals surface area (Å²) in [5.74, 6) is 0. The van der Waals surface area contributed by atoms with E-state index in [9.17, 15) is 0 Å². The van der Waals surface area contributed by atoms with Gasteiger partial charge in [-0.25, -0.2) is 0 Å². The number of halogens is 1. The highest BCUT2D eigenvalue weighted by atomic mass is 79.9. The van der Waals surface area contributed by atoms with Crippen molar-refractivity contribution in [1.29, 1.82) is 0 Å². The molecule has 1 nitrogen and oxygen atoms in total. The van der Waals surface area contributed by atoms with Crippen LogP contribution in [0.1, 0.15) is 23.7 Å². The first kappa shape index (κ1) is 7.10. The van der Waals surface area contributed by atoms with E-state index >= 15 is 0 Å². The SMILES string of the molecule is Brc1ccc2c(c1)CCC1OC21. The monoisotopic (exact) mass is 224 g/mol. The van der Waals surface area contributed by atoms with Crippen LogP contribution in [0.3, 0.4) is 0 Å². The van der Waals surface area contributed by atoms with E-state index in [0.717, 1.165) is 0 Å². The molecular weight excluding hydrogens is 216 g/mol. The smallest absolute Gasteiger partial charge is 0.109 e. The number of epoxide rings is 1. The molecule has 2 heteroatoms. The van der Waals surface area contributed by atoms with Crippen molar-refractivity contribution in [3.8, 4) is 0 Å². The van der Waals surface area contributed by atoms with Crippen LogP contribution in [0.2, 0.25) is 0 Å². The molecule has 0 aromatic heterocycles. The second-order valence-corrected chi connectivity index (χ2v) is 4.39. The molecule has 0 bridgehead atoms. The van der Waals surface area contributed by atoms with Gasteiger partial charge in [-0.15, -0.1) is 0 Å². The average Bonchev–Trinajstić information content (AvgIpc) is 2.82. The molecule has 62 valence electrons. The summed E-state index contributed by atoms with van der Waals surface area (Å²) >= 11 is 3.48. The Hall–Kier alpha value is -0.340. The van der Waals surface area contributed by atoms with Crippen LogP contribution in [0, 0.1) is 0 Å². The second kappa shape index (κ2) is 2.33. The Bertz CT molecular complexity index is 335. The highest BCUT2D eigenvalue weighted by molar-refractivity contribution is 9.10. The van der Waals surface area contributed by atoms with Crippen molar-refractivity contribution in [2.45, 2.75) is 25.0 Å². The number of fused-ring (bicyclic) bond motifs is 3. The third-order valence-corrected chi connectivity index (χ3v) is 3.19. The fraction of sp³-hybridized carbons (Fsp3) is 0.400. The second-order valence-electron chi connectivity index (χ2n) is 3.48. The predicted molar refractivity (Wildman–Crippen MR) is 50.1 cm³/mol. The third kappa shape index (κ3) is 0.947. The lowest BCUT2D eigenvalue weighted by molar-refractivity contribution is 0.373. The van der Waals surface area contributed by atoms with Crippen molar-refractivity contribution < 1.29 is 4.74 Å². The first-order valence-electron chi connectivity index (χ1n) is 4.28. The number of hydrogen-bond donors (Lipinski definition) is 0. The number of benzene rings is 1. The van der Waals surface area contributed by atoms with Gasteiger partial charge >= 0.3 is 0 Å². The molecule has 1 aromatic carbocycles. The maximum absolute atomic E-state index is 5.53. The highest BCUT2D eigenvalue weighted by Gasteiger charge is 2.43. The lowest BCUT2D eigenvalue weighted by Crippen LogP contribution is -2.03. The van der Waals surface area contributed by atoms with Gasteiger partial charge in [-0.3, -0.25) is 0 Å². The molecule has 1 aliphatic heterocycles. The third-order valence-electron chi connectivity index (χ3n) is 2.69. The van der Waals surface area contributed by atoms with Gasteiger partial charge in [0.25, 0.3) is 0 Å². The van der Waals surface area contributed by atoms with E-state index in [2.05, 4.69) is 34.1 Å². The fourth-order valence-electron chi connectivity index (χ4n) is 2.00. The molecule has 2 unspecified atom stereocenters. The zero-order valence-corrected chi connectivity index (χ0v) is 8.17. The van der Waals surface area contributed by atoms with Gasteiger partial charge in [0.15, 0.2) is 0 Å². The van der Waals surface area contributed by atoms with Gasteiger partial charge in [-0.1, -0.05) is 22.0 Å². The van der Waals surface area contributed by atoms with Crippen LogP contribution in [-0.2, 0) is 11.2 Å². The molecule has 0 amide bonds. The Kier molecular flexibility index (Phi) is 1.38. The average molecular weight is 225 g/mol. The van der Waals surface area contributed by atoms with Crippen molar-refractivity contribution in [3.63, 3.8) is 0 Å². The Morgan fingerprint density at radius 1 is 1.42 bits per heavy atom. The molecule has 2 aliphatic rings. The summed E-state index contributed by atoms with van der Waals surface area (Å²) in [6.07, 6.45) is 3.35. The summed E-state index contributed by atoms with van der Waals surface area (Å²) in [6, 6.07) is 6.50. The summed E-state index contributed by atoms with van der Waals surface area (Å²) in [7, 11) is 0. The summed E-state index contributed by atoms with van der Waals surface area (Å²) in [5.41, 5.74) is 2.87. The Morgan fingerprint density at radius 3 is 3.25 bits per heavy atom. The van der Waals surface area contributed by atoms with Crippen LogP contribution in [0.15, 0.2) is 22.7 Å². The van der Waals surface area contributed by atoms with Crippen molar-refractivity contribution in [3.05, 3.63) is 33.8 Å². The van der Waals surface area contributed by atoms with E-state index in [4.69, 9.17) is 4.74 Å². The molecule has 1 heterocycles. The van der Waals surface area contributed by atoms with E-state index in [0.29, 0.717) is 12.2 Å². The first-order valence-corrected chi connectivity index (χ1v) is 5.08. The molecule has 2 atom stereocenters. The Labute approximate surface area is 79.9 Å². The van der Waals surface area contributed by atoms with Gasteiger partial charge in [-0.2, -0.15) is 0 Å². The van der Waals surface area contributed by atoms with Crippen LogP contribution in [0.4, 0.5) is 0 Å². The van der Waals surface area contributed by atoms with Gasteiger partial charge in [0.05, 0.1) is 6.10 Å². The minimum atomic E-state index is 0.432. The molecule has 1 aromatic rings. The van der Waals surface area contributed by atoms with Crippen molar-refractivity contribution in [2.75, 3.05) is 0 Å².